The van der Waals surface area contributed by atoms with Gasteiger partial charge in [-0.2, -0.15) is 0 Å². The lowest BCUT2D eigenvalue weighted by molar-refractivity contribution is 0.100. The summed E-state index contributed by atoms with van der Waals surface area (Å²) in [6, 6.07) is 12.0. The molecule has 0 aliphatic rings. The molecular formula is C18H13FN2O2. The second-order valence-electron chi connectivity index (χ2n) is 5.42. The highest BCUT2D eigenvalue weighted by Crippen LogP contribution is 2.33. The van der Waals surface area contributed by atoms with Gasteiger partial charge in [0.15, 0.2) is 0 Å². The number of benzene rings is 2. The van der Waals surface area contributed by atoms with Gasteiger partial charge in [-0.25, -0.2) is 4.39 Å². The zero-order valence-electron chi connectivity index (χ0n) is 12.1. The van der Waals surface area contributed by atoms with Gasteiger partial charge < -0.3 is 14.7 Å². The molecule has 0 bridgehead atoms. The molecule has 2 aromatic heterocycles. The number of amides is 1. The van der Waals surface area contributed by atoms with Crippen LogP contribution in [0.5, 0.6) is 0 Å². The largest absolute Gasteiger partial charge is 0.472 e. The fraction of sp³-hybridized carbons (Fsp3) is 0.0556. The highest BCUT2D eigenvalue weighted by molar-refractivity contribution is 6.17. The molecule has 4 nitrogen and oxygen atoms in total. The molecule has 5 heteroatoms. The Morgan fingerprint density at radius 2 is 2.00 bits per heavy atom. The van der Waals surface area contributed by atoms with Crippen molar-refractivity contribution in [2.75, 3.05) is 0 Å². The molecule has 2 aromatic carbocycles. The molecule has 1 amide bonds. The maximum Gasteiger partial charge on any atom is 0.249 e. The normalized spacial score (nSPS) is 11.3. The van der Waals surface area contributed by atoms with Crippen molar-refractivity contribution in [3.05, 3.63) is 71.9 Å². The summed E-state index contributed by atoms with van der Waals surface area (Å²) in [7, 11) is 0. The summed E-state index contributed by atoms with van der Waals surface area (Å²) < 4.78 is 21.4. The van der Waals surface area contributed by atoms with E-state index >= 15 is 0 Å². The Kier molecular flexibility index (Phi) is 2.94. The lowest BCUT2D eigenvalue weighted by atomic mass is 10.1. The molecule has 23 heavy (non-hydrogen) atoms. The van der Waals surface area contributed by atoms with Gasteiger partial charge in [-0.3, -0.25) is 4.79 Å². The van der Waals surface area contributed by atoms with Crippen LogP contribution in [0.25, 0.3) is 21.8 Å². The van der Waals surface area contributed by atoms with E-state index in [1.165, 1.54) is 6.07 Å². The summed E-state index contributed by atoms with van der Waals surface area (Å²) in [5, 5.41) is 1.36. The molecule has 4 aromatic rings. The van der Waals surface area contributed by atoms with Gasteiger partial charge in [0, 0.05) is 21.9 Å². The standard InChI is InChI=1S/C18H13FN2O2/c19-14-5-1-3-12-16-13(18(20)22)4-2-6-15(16)21(17(12)14)9-11-7-8-23-10-11/h1-8,10H,9H2,(H2,20,22). The minimum absolute atomic E-state index is 0.336. The summed E-state index contributed by atoms with van der Waals surface area (Å²) in [6.45, 7) is 0.444. The molecule has 0 spiro atoms. The van der Waals surface area contributed by atoms with Crippen molar-refractivity contribution in [1.29, 1.82) is 0 Å². The molecule has 0 unspecified atom stereocenters. The van der Waals surface area contributed by atoms with Crippen molar-refractivity contribution in [1.82, 2.24) is 4.57 Å². The van der Waals surface area contributed by atoms with Gasteiger partial charge in [0.1, 0.15) is 5.82 Å². The van der Waals surface area contributed by atoms with Gasteiger partial charge in [0.25, 0.3) is 0 Å². The second-order valence-corrected chi connectivity index (χ2v) is 5.42. The fourth-order valence-corrected chi connectivity index (χ4v) is 3.09. The van der Waals surface area contributed by atoms with Crippen LogP contribution in [0.1, 0.15) is 15.9 Å². The molecule has 0 fully saturated rings. The van der Waals surface area contributed by atoms with Crippen LogP contribution < -0.4 is 5.73 Å². The first kappa shape index (κ1) is 13.6. The SMILES string of the molecule is NC(=O)c1cccc2c1c1cccc(F)c1n2Cc1ccoc1. The first-order valence-electron chi connectivity index (χ1n) is 7.17. The van der Waals surface area contributed by atoms with E-state index in [-0.39, 0.29) is 5.82 Å². The van der Waals surface area contributed by atoms with Gasteiger partial charge in [-0.1, -0.05) is 18.2 Å². The van der Waals surface area contributed by atoms with Crippen LogP contribution in [0, 0.1) is 5.82 Å². The van der Waals surface area contributed by atoms with Crippen LogP contribution in [0.15, 0.2) is 59.4 Å². The van der Waals surface area contributed by atoms with Crippen LogP contribution >= 0.6 is 0 Å². The van der Waals surface area contributed by atoms with E-state index in [1.54, 1.807) is 36.8 Å². The van der Waals surface area contributed by atoms with Crippen LogP contribution in [-0.4, -0.2) is 10.5 Å². The Bertz CT molecular complexity index is 1030. The van der Waals surface area contributed by atoms with Crippen molar-refractivity contribution in [3.8, 4) is 0 Å². The summed E-state index contributed by atoms with van der Waals surface area (Å²) in [4.78, 5) is 11.8. The lowest BCUT2D eigenvalue weighted by Gasteiger charge is -2.06. The number of halogens is 1. The van der Waals surface area contributed by atoms with Gasteiger partial charge in [-0.15, -0.1) is 0 Å². The average molecular weight is 308 g/mol. The number of hydrogen-bond acceptors (Lipinski definition) is 2. The van der Waals surface area contributed by atoms with Crippen LogP contribution in [-0.2, 0) is 6.54 Å². The first-order valence-corrected chi connectivity index (χ1v) is 7.17. The van der Waals surface area contributed by atoms with Crippen LogP contribution in [0.2, 0.25) is 0 Å². The number of hydrogen-bond donors (Lipinski definition) is 1. The number of primary amides is 1. The molecule has 0 atom stereocenters. The summed E-state index contributed by atoms with van der Waals surface area (Å²) >= 11 is 0. The molecule has 4 rings (SSSR count). The second kappa shape index (κ2) is 4.98. The Morgan fingerprint density at radius 1 is 1.17 bits per heavy atom. The zero-order chi connectivity index (χ0) is 16.0. The fourth-order valence-electron chi connectivity index (χ4n) is 3.09. The lowest BCUT2D eigenvalue weighted by Crippen LogP contribution is -2.11. The number of carbonyl (C=O) groups excluding carboxylic acids is 1. The minimum atomic E-state index is -0.526. The Hall–Kier alpha value is -3.08. The molecule has 114 valence electrons. The monoisotopic (exact) mass is 308 g/mol. The van der Waals surface area contributed by atoms with E-state index in [1.807, 2.05) is 16.7 Å². The highest BCUT2D eigenvalue weighted by Gasteiger charge is 2.18. The molecule has 2 N–H and O–H groups in total. The number of furan rings is 1. The molecular weight excluding hydrogens is 295 g/mol. The summed E-state index contributed by atoms with van der Waals surface area (Å²) in [6.07, 6.45) is 3.20. The number of rotatable bonds is 3. The quantitative estimate of drug-likeness (QED) is 0.627. The van der Waals surface area contributed by atoms with Gasteiger partial charge in [-0.05, 0) is 24.3 Å². The van der Waals surface area contributed by atoms with Crippen LogP contribution in [0.3, 0.4) is 0 Å². The van der Waals surface area contributed by atoms with Crippen molar-refractivity contribution in [3.63, 3.8) is 0 Å². The maximum absolute atomic E-state index is 14.5. The third-order valence-corrected chi connectivity index (χ3v) is 4.05. The number of carbonyl (C=O) groups is 1. The van der Waals surface area contributed by atoms with Crippen molar-refractivity contribution in [2.45, 2.75) is 6.54 Å². The molecule has 2 heterocycles. The predicted octanol–water partition coefficient (Wildman–Crippen LogP) is 3.67. The Morgan fingerprint density at radius 3 is 2.74 bits per heavy atom. The third-order valence-electron chi connectivity index (χ3n) is 4.05. The van der Waals surface area contributed by atoms with E-state index in [2.05, 4.69) is 0 Å². The van der Waals surface area contributed by atoms with Crippen molar-refractivity contribution < 1.29 is 13.6 Å². The first-order chi connectivity index (χ1) is 11.2. The average Bonchev–Trinajstić information content (AvgIpc) is 3.15. The third kappa shape index (κ3) is 2.01. The number of fused-ring (bicyclic) bond motifs is 3. The van der Waals surface area contributed by atoms with Crippen molar-refractivity contribution in [2.24, 2.45) is 5.73 Å². The number of nitrogens with zero attached hydrogens (tertiary/aromatic N) is 1. The maximum atomic E-state index is 14.5. The van der Waals surface area contributed by atoms with E-state index in [0.29, 0.717) is 28.4 Å². The molecule has 0 saturated heterocycles. The van der Waals surface area contributed by atoms with Crippen molar-refractivity contribution >= 4 is 27.7 Å². The molecule has 0 aliphatic heterocycles. The van der Waals surface area contributed by atoms with Gasteiger partial charge in [0.2, 0.25) is 5.91 Å². The highest BCUT2D eigenvalue weighted by atomic mass is 19.1. The smallest absolute Gasteiger partial charge is 0.249 e. The Balaban J connectivity index is 2.14. The minimum Gasteiger partial charge on any atom is -0.472 e. The molecule has 0 radical (unpaired) electrons. The van der Waals surface area contributed by atoms with E-state index in [4.69, 9.17) is 10.2 Å². The number of nitrogens with two attached hydrogens (primary N) is 1. The molecule has 0 saturated carbocycles. The zero-order valence-corrected chi connectivity index (χ0v) is 12.1. The van der Waals surface area contributed by atoms with Gasteiger partial charge >= 0.3 is 0 Å². The number of para-hydroxylation sites is 1. The van der Waals surface area contributed by atoms with Crippen LogP contribution in [0.4, 0.5) is 4.39 Å². The molecule has 0 aliphatic carbocycles. The summed E-state index contributed by atoms with van der Waals surface area (Å²) in [5.74, 6) is -0.861. The van der Waals surface area contributed by atoms with E-state index in [9.17, 15) is 9.18 Å². The topological polar surface area (TPSA) is 61.2 Å². The predicted molar refractivity (Wildman–Crippen MR) is 85.7 cm³/mol. The van der Waals surface area contributed by atoms with Gasteiger partial charge in [0.05, 0.1) is 30.1 Å². The number of aromatic nitrogens is 1. The Labute approximate surface area is 130 Å². The van der Waals surface area contributed by atoms with E-state index in [0.717, 1.165) is 11.1 Å². The summed E-state index contributed by atoms with van der Waals surface area (Å²) in [5.41, 5.74) is 8.03. The van der Waals surface area contributed by atoms with E-state index < -0.39 is 5.91 Å².